The maximum absolute atomic E-state index is 12.9. The van der Waals surface area contributed by atoms with Gasteiger partial charge >= 0.3 is 12.3 Å². The molecule has 0 bridgehead atoms. The molecule has 1 N–H and O–H groups in total. The number of nitrogens with one attached hydrogen (secondary N) is 1. The minimum Gasteiger partial charge on any atom is -0.320 e. The van der Waals surface area contributed by atoms with Crippen molar-refractivity contribution in [3.05, 3.63) is 0 Å². The molecule has 3 nitrogen and oxygen atoms in total. The summed E-state index contributed by atoms with van der Waals surface area (Å²) in [5.74, 6) is -4.69. The van der Waals surface area contributed by atoms with Crippen molar-refractivity contribution in [3.63, 3.8) is 0 Å². The van der Waals surface area contributed by atoms with Gasteiger partial charge in [0.15, 0.2) is 0 Å². The highest BCUT2D eigenvalue weighted by atomic mass is 19.3. The second kappa shape index (κ2) is 5.20. The first kappa shape index (κ1) is 14.2. The van der Waals surface area contributed by atoms with Crippen LogP contribution in [0.1, 0.15) is 26.7 Å². The molecule has 1 rings (SSSR count). The largest absolute Gasteiger partial charge is 0.324 e. The highest BCUT2D eigenvalue weighted by Gasteiger charge is 2.47. The molecule has 100 valence electrons. The smallest absolute Gasteiger partial charge is 0.320 e. The Kier molecular flexibility index (Phi) is 4.35. The van der Waals surface area contributed by atoms with Crippen molar-refractivity contribution in [1.29, 1.82) is 0 Å². The third-order valence-electron chi connectivity index (χ3n) is 2.85. The van der Waals surface area contributed by atoms with Crippen molar-refractivity contribution in [1.82, 2.24) is 10.2 Å². The summed E-state index contributed by atoms with van der Waals surface area (Å²) >= 11 is 0. The number of hydrogen-bond acceptors (Lipinski definition) is 2. The fraction of sp³-hybridized carbons (Fsp3) is 0.900. The lowest BCUT2D eigenvalue weighted by Gasteiger charge is -2.27. The zero-order chi connectivity index (χ0) is 13.2. The Morgan fingerprint density at radius 1 is 1.35 bits per heavy atom. The molecule has 2 atom stereocenters. The van der Waals surface area contributed by atoms with E-state index in [1.54, 1.807) is 13.8 Å². The lowest BCUT2D eigenvalue weighted by Crippen LogP contribution is -2.47. The first-order valence-corrected chi connectivity index (χ1v) is 5.56. The van der Waals surface area contributed by atoms with E-state index >= 15 is 0 Å². The quantitative estimate of drug-likeness (QED) is 0.761. The average molecular weight is 256 g/mol. The van der Waals surface area contributed by atoms with E-state index in [1.165, 1.54) is 0 Å². The summed E-state index contributed by atoms with van der Waals surface area (Å²) < 4.78 is 50.1. The van der Waals surface area contributed by atoms with E-state index in [2.05, 4.69) is 5.32 Å². The molecular formula is C10H16F4N2O. The molecule has 1 aliphatic rings. The maximum Gasteiger partial charge on any atom is 0.324 e. The predicted octanol–water partition coefficient (Wildman–Crippen LogP) is 1.83. The van der Waals surface area contributed by atoms with Crippen LogP contribution in [-0.2, 0) is 4.79 Å². The molecule has 0 aromatic heterocycles. The van der Waals surface area contributed by atoms with E-state index in [0.29, 0.717) is 12.8 Å². The second-order valence-corrected chi connectivity index (χ2v) is 4.08. The molecule has 0 saturated carbocycles. The number of hydrogen-bond donors (Lipinski definition) is 1. The SMILES string of the molecule is CCC1NC(CC)N(CC(F)(F)C(F)F)C1=O. The summed E-state index contributed by atoms with van der Waals surface area (Å²) in [6, 6.07) is -0.548. The standard InChI is InChI=1S/C10H16F4N2O/c1-3-6-8(17)16(7(4-2)15-6)5-10(13,14)9(11)12/h6-7,9,15H,3-5H2,1-2H3. The van der Waals surface area contributed by atoms with Crippen molar-refractivity contribution >= 4 is 5.91 Å². The Morgan fingerprint density at radius 2 is 1.94 bits per heavy atom. The zero-order valence-corrected chi connectivity index (χ0v) is 9.72. The topological polar surface area (TPSA) is 32.3 Å². The van der Waals surface area contributed by atoms with Crippen molar-refractivity contribution in [3.8, 4) is 0 Å². The lowest BCUT2D eigenvalue weighted by atomic mass is 10.2. The van der Waals surface area contributed by atoms with Crippen LogP contribution in [0.2, 0.25) is 0 Å². The van der Waals surface area contributed by atoms with Crippen molar-refractivity contribution in [2.24, 2.45) is 0 Å². The normalized spacial score (nSPS) is 26.1. The molecule has 1 heterocycles. The van der Waals surface area contributed by atoms with E-state index in [1.807, 2.05) is 0 Å². The molecule has 7 heteroatoms. The number of alkyl halides is 4. The molecule has 0 radical (unpaired) electrons. The van der Waals surface area contributed by atoms with Gasteiger partial charge in [0.2, 0.25) is 5.91 Å². The van der Waals surface area contributed by atoms with Gasteiger partial charge in [0.05, 0.1) is 18.8 Å². The predicted molar refractivity (Wildman–Crippen MR) is 54.0 cm³/mol. The summed E-state index contributed by atoms with van der Waals surface area (Å²) in [5.41, 5.74) is 0. The van der Waals surface area contributed by atoms with Crippen LogP contribution in [0.15, 0.2) is 0 Å². The first-order chi connectivity index (χ1) is 7.83. The van der Waals surface area contributed by atoms with Gasteiger partial charge in [0.25, 0.3) is 0 Å². The molecule has 0 aromatic carbocycles. The lowest BCUT2D eigenvalue weighted by molar-refractivity contribution is -0.157. The highest BCUT2D eigenvalue weighted by molar-refractivity contribution is 5.84. The molecule has 0 spiro atoms. The van der Waals surface area contributed by atoms with Gasteiger partial charge in [0.1, 0.15) is 0 Å². The molecular weight excluding hydrogens is 240 g/mol. The Hall–Kier alpha value is -0.850. The maximum atomic E-state index is 12.9. The minimum atomic E-state index is -4.16. The fourth-order valence-electron chi connectivity index (χ4n) is 1.86. The van der Waals surface area contributed by atoms with Crippen LogP contribution in [0, 0.1) is 0 Å². The molecule has 1 aliphatic heterocycles. The zero-order valence-electron chi connectivity index (χ0n) is 9.72. The Labute approximate surface area is 97.2 Å². The van der Waals surface area contributed by atoms with Gasteiger partial charge in [-0.05, 0) is 12.8 Å². The van der Waals surface area contributed by atoms with Gasteiger partial charge < -0.3 is 4.90 Å². The van der Waals surface area contributed by atoms with Crippen LogP contribution in [0.5, 0.6) is 0 Å². The van der Waals surface area contributed by atoms with E-state index in [-0.39, 0.29) is 0 Å². The molecule has 2 unspecified atom stereocenters. The summed E-state index contributed by atoms with van der Waals surface area (Å²) in [6.07, 6.45) is -3.49. The summed E-state index contributed by atoms with van der Waals surface area (Å²) in [4.78, 5) is 12.5. The van der Waals surface area contributed by atoms with E-state index in [4.69, 9.17) is 0 Å². The molecule has 1 fully saturated rings. The summed E-state index contributed by atoms with van der Waals surface area (Å²) in [6.45, 7) is 2.21. The van der Waals surface area contributed by atoms with Crippen molar-refractivity contribution < 1.29 is 22.4 Å². The van der Waals surface area contributed by atoms with Crippen LogP contribution in [-0.4, -0.2) is 41.9 Å². The number of carbonyl (C=O) groups is 1. The van der Waals surface area contributed by atoms with E-state index in [0.717, 1.165) is 4.90 Å². The van der Waals surface area contributed by atoms with Crippen molar-refractivity contribution in [2.75, 3.05) is 6.54 Å². The number of rotatable bonds is 5. The molecule has 17 heavy (non-hydrogen) atoms. The Bertz CT molecular complexity index is 285. The minimum absolute atomic E-state index is 0.404. The third-order valence-corrected chi connectivity index (χ3v) is 2.85. The highest BCUT2D eigenvalue weighted by Crippen LogP contribution is 2.27. The van der Waals surface area contributed by atoms with E-state index < -0.39 is 37.0 Å². The van der Waals surface area contributed by atoms with Gasteiger partial charge in [-0.1, -0.05) is 13.8 Å². The number of carbonyl (C=O) groups excluding carboxylic acids is 1. The Morgan fingerprint density at radius 3 is 2.35 bits per heavy atom. The number of halogens is 4. The van der Waals surface area contributed by atoms with E-state index in [9.17, 15) is 22.4 Å². The van der Waals surface area contributed by atoms with Crippen LogP contribution in [0.25, 0.3) is 0 Å². The van der Waals surface area contributed by atoms with Crippen molar-refractivity contribution in [2.45, 2.75) is 51.2 Å². The number of amides is 1. The molecule has 1 amide bonds. The van der Waals surface area contributed by atoms with Crippen LogP contribution >= 0.6 is 0 Å². The van der Waals surface area contributed by atoms with Gasteiger partial charge in [-0.25, -0.2) is 8.78 Å². The first-order valence-electron chi connectivity index (χ1n) is 5.56. The third kappa shape index (κ3) is 2.88. The monoisotopic (exact) mass is 256 g/mol. The van der Waals surface area contributed by atoms with Gasteiger partial charge in [-0.15, -0.1) is 0 Å². The molecule has 1 saturated heterocycles. The molecule has 0 aliphatic carbocycles. The van der Waals surface area contributed by atoms with Gasteiger partial charge in [0, 0.05) is 0 Å². The average Bonchev–Trinajstić information content (AvgIpc) is 2.55. The number of nitrogens with zero attached hydrogens (tertiary/aromatic N) is 1. The Balaban J connectivity index is 2.78. The van der Waals surface area contributed by atoms with Crippen LogP contribution in [0.3, 0.4) is 0 Å². The fourth-order valence-corrected chi connectivity index (χ4v) is 1.86. The van der Waals surface area contributed by atoms with Gasteiger partial charge in [-0.2, -0.15) is 8.78 Å². The molecule has 0 aromatic rings. The second-order valence-electron chi connectivity index (χ2n) is 4.08. The summed E-state index contributed by atoms with van der Waals surface area (Å²) in [7, 11) is 0. The van der Waals surface area contributed by atoms with Crippen LogP contribution in [0.4, 0.5) is 17.6 Å². The van der Waals surface area contributed by atoms with Crippen LogP contribution < -0.4 is 5.32 Å². The summed E-state index contributed by atoms with van der Waals surface area (Å²) in [5, 5.41) is 2.85. The van der Waals surface area contributed by atoms with Gasteiger partial charge in [-0.3, -0.25) is 10.1 Å².